The van der Waals surface area contributed by atoms with Crippen LogP contribution in [0.15, 0.2) is 0 Å². The fourth-order valence-corrected chi connectivity index (χ4v) is 1.11. The van der Waals surface area contributed by atoms with Gasteiger partial charge in [0.05, 0.1) is 6.61 Å². The average Bonchev–Trinajstić information content (AvgIpc) is 2.32. The summed E-state index contributed by atoms with van der Waals surface area (Å²) in [6.45, 7) is -0.596. The van der Waals surface area contributed by atoms with Gasteiger partial charge in [-0.1, -0.05) is 0 Å². The fraction of sp³-hybridized carbons (Fsp3) is 1.00. The van der Waals surface area contributed by atoms with Crippen LogP contribution in [0.2, 0.25) is 0 Å². The van der Waals surface area contributed by atoms with Crippen molar-refractivity contribution in [2.24, 2.45) is 0 Å². The number of ether oxygens (including phenoxy) is 1. The Kier molecular flexibility index (Phi) is 2.99. The molecule has 0 aromatic rings. The summed E-state index contributed by atoms with van der Waals surface area (Å²) in [5, 5.41) is 44.4. The summed E-state index contributed by atoms with van der Waals surface area (Å²) >= 11 is 0. The zero-order valence-electron chi connectivity index (χ0n) is 6.24. The SMILES string of the molecule is OC[C@@H](O)[C@@H]1O[C@@H](O)[C@@H](O)C1O. The molecule has 1 rings (SSSR count). The Hall–Kier alpha value is -0.240. The number of rotatable bonds is 2. The van der Waals surface area contributed by atoms with Crippen LogP contribution in [0.4, 0.5) is 0 Å². The summed E-state index contributed by atoms with van der Waals surface area (Å²) in [5.41, 5.74) is 0. The molecule has 1 fully saturated rings. The van der Waals surface area contributed by atoms with E-state index in [9.17, 15) is 0 Å². The standard InChI is InChI=1S/C6H12O6/c7-1-2(8)5-3(9)4(10)6(11)12-5/h2-11H,1H2/t2-,3?,4+,5+,6-/m1/s1. The van der Waals surface area contributed by atoms with Gasteiger partial charge >= 0.3 is 0 Å². The molecule has 0 spiro atoms. The molecule has 5 N–H and O–H groups in total. The first-order valence-corrected chi connectivity index (χ1v) is 3.56. The number of aliphatic hydroxyl groups is 5. The smallest absolute Gasteiger partial charge is 0.184 e. The predicted molar refractivity (Wildman–Crippen MR) is 36.0 cm³/mol. The molecule has 12 heavy (non-hydrogen) atoms. The van der Waals surface area contributed by atoms with Gasteiger partial charge in [0.15, 0.2) is 6.29 Å². The topological polar surface area (TPSA) is 110 Å². The van der Waals surface area contributed by atoms with E-state index in [2.05, 4.69) is 4.74 Å². The second kappa shape index (κ2) is 3.65. The van der Waals surface area contributed by atoms with Gasteiger partial charge in [0.2, 0.25) is 0 Å². The Morgan fingerprint density at radius 2 is 1.75 bits per heavy atom. The lowest BCUT2D eigenvalue weighted by Crippen LogP contribution is -2.40. The maximum atomic E-state index is 9.12. The first kappa shape index (κ1) is 9.85. The van der Waals surface area contributed by atoms with E-state index in [0.717, 1.165) is 0 Å². The summed E-state index contributed by atoms with van der Waals surface area (Å²) in [6, 6.07) is 0. The quantitative estimate of drug-likeness (QED) is 0.306. The normalized spacial score (nSPS) is 44.8. The molecule has 1 saturated heterocycles. The van der Waals surface area contributed by atoms with Crippen LogP contribution >= 0.6 is 0 Å². The molecule has 1 aliphatic rings. The van der Waals surface area contributed by atoms with Crippen molar-refractivity contribution in [2.75, 3.05) is 6.61 Å². The first-order valence-electron chi connectivity index (χ1n) is 3.56. The molecule has 0 aromatic carbocycles. The third-order valence-electron chi connectivity index (χ3n) is 1.84. The molecule has 1 heterocycles. The minimum absolute atomic E-state index is 0.596. The molecule has 0 aromatic heterocycles. The van der Waals surface area contributed by atoms with Crippen molar-refractivity contribution in [3.05, 3.63) is 0 Å². The van der Waals surface area contributed by atoms with E-state index in [4.69, 9.17) is 25.5 Å². The lowest BCUT2D eigenvalue weighted by Gasteiger charge is -2.18. The number of aliphatic hydroxyl groups excluding tert-OH is 5. The highest BCUT2D eigenvalue weighted by Crippen LogP contribution is 2.21. The minimum Gasteiger partial charge on any atom is -0.394 e. The second-order valence-corrected chi connectivity index (χ2v) is 2.72. The molecule has 6 nitrogen and oxygen atoms in total. The third-order valence-corrected chi connectivity index (χ3v) is 1.84. The van der Waals surface area contributed by atoms with Gasteiger partial charge in [-0.3, -0.25) is 0 Å². The maximum Gasteiger partial charge on any atom is 0.184 e. The summed E-state index contributed by atoms with van der Waals surface area (Å²) in [6.07, 6.45) is -6.75. The van der Waals surface area contributed by atoms with Gasteiger partial charge in [-0.15, -0.1) is 0 Å². The van der Waals surface area contributed by atoms with Gasteiger partial charge in [-0.05, 0) is 0 Å². The molecular weight excluding hydrogens is 168 g/mol. The number of hydrogen-bond donors (Lipinski definition) is 5. The van der Waals surface area contributed by atoms with E-state index in [-0.39, 0.29) is 0 Å². The molecular formula is C6H12O6. The highest BCUT2D eigenvalue weighted by atomic mass is 16.6. The lowest BCUT2D eigenvalue weighted by molar-refractivity contribution is -0.150. The van der Waals surface area contributed by atoms with Crippen molar-refractivity contribution in [3.8, 4) is 0 Å². The lowest BCUT2D eigenvalue weighted by atomic mass is 10.1. The van der Waals surface area contributed by atoms with Gasteiger partial charge in [-0.2, -0.15) is 0 Å². The summed E-state index contributed by atoms with van der Waals surface area (Å²) < 4.78 is 4.58. The number of hydrogen-bond acceptors (Lipinski definition) is 6. The monoisotopic (exact) mass is 180 g/mol. The Labute approximate surface area is 68.6 Å². The third kappa shape index (κ3) is 1.58. The zero-order chi connectivity index (χ0) is 9.30. The van der Waals surface area contributed by atoms with E-state index in [1.54, 1.807) is 0 Å². The van der Waals surface area contributed by atoms with Crippen LogP contribution in [0.25, 0.3) is 0 Å². The molecule has 6 heteroatoms. The largest absolute Gasteiger partial charge is 0.394 e. The molecule has 72 valence electrons. The highest BCUT2D eigenvalue weighted by Gasteiger charge is 2.44. The van der Waals surface area contributed by atoms with E-state index in [1.807, 2.05) is 0 Å². The van der Waals surface area contributed by atoms with Crippen LogP contribution in [-0.2, 0) is 4.74 Å². The Bertz CT molecular complexity index is 151. The van der Waals surface area contributed by atoms with Crippen molar-refractivity contribution in [2.45, 2.75) is 30.7 Å². The van der Waals surface area contributed by atoms with Gasteiger partial charge in [0.1, 0.15) is 24.4 Å². The van der Waals surface area contributed by atoms with Crippen LogP contribution in [0.1, 0.15) is 0 Å². The molecule has 0 aliphatic carbocycles. The molecule has 0 saturated carbocycles. The van der Waals surface area contributed by atoms with E-state index in [0.29, 0.717) is 0 Å². The maximum absolute atomic E-state index is 9.12. The second-order valence-electron chi connectivity index (χ2n) is 2.72. The highest BCUT2D eigenvalue weighted by molar-refractivity contribution is 4.89. The minimum atomic E-state index is -1.51. The molecule has 0 amide bonds. The van der Waals surface area contributed by atoms with Crippen LogP contribution < -0.4 is 0 Å². The van der Waals surface area contributed by atoms with Crippen LogP contribution in [0.3, 0.4) is 0 Å². The van der Waals surface area contributed by atoms with E-state index in [1.165, 1.54) is 0 Å². The first-order chi connectivity index (χ1) is 5.57. The van der Waals surface area contributed by atoms with Crippen molar-refractivity contribution in [1.29, 1.82) is 0 Å². The predicted octanol–water partition coefficient (Wildman–Crippen LogP) is -3.22. The summed E-state index contributed by atoms with van der Waals surface area (Å²) in [7, 11) is 0. The van der Waals surface area contributed by atoms with Gasteiger partial charge < -0.3 is 30.3 Å². The van der Waals surface area contributed by atoms with Crippen molar-refractivity contribution in [1.82, 2.24) is 0 Å². The van der Waals surface area contributed by atoms with E-state index < -0.39 is 37.3 Å². The van der Waals surface area contributed by atoms with Crippen molar-refractivity contribution in [3.63, 3.8) is 0 Å². The fourth-order valence-electron chi connectivity index (χ4n) is 1.11. The Balaban J connectivity index is 2.58. The Morgan fingerprint density at radius 1 is 1.17 bits per heavy atom. The molecule has 5 atom stereocenters. The van der Waals surface area contributed by atoms with Gasteiger partial charge in [-0.25, -0.2) is 0 Å². The van der Waals surface area contributed by atoms with Gasteiger partial charge in [0, 0.05) is 0 Å². The average molecular weight is 180 g/mol. The van der Waals surface area contributed by atoms with Crippen LogP contribution in [0, 0.1) is 0 Å². The van der Waals surface area contributed by atoms with Crippen molar-refractivity contribution < 1.29 is 30.3 Å². The van der Waals surface area contributed by atoms with E-state index >= 15 is 0 Å². The van der Waals surface area contributed by atoms with Crippen molar-refractivity contribution >= 4 is 0 Å². The molecule has 0 radical (unpaired) electrons. The molecule has 1 aliphatic heterocycles. The molecule has 0 bridgehead atoms. The molecule has 1 unspecified atom stereocenters. The summed E-state index contributed by atoms with van der Waals surface area (Å²) in [5.74, 6) is 0. The summed E-state index contributed by atoms with van der Waals surface area (Å²) in [4.78, 5) is 0. The zero-order valence-corrected chi connectivity index (χ0v) is 6.24. The Morgan fingerprint density at radius 3 is 2.08 bits per heavy atom. The van der Waals surface area contributed by atoms with Gasteiger partial charge in [0.25, 0.3) is 0 Å². The van der Waals surface area contributed by atoms with Crippen LogP contribution in [-0.4, -0.2) is 62.8 Å². The van der Waals surface area contributed by atoms with Crippen LogP contribution in [0.5, 0.6) is 0 Å².